The van der Waals surface area contributed by atoms with Crippen LogP contribution in [-0.4, -0.2) is 43.2 Å². The van der Waals surface area contributed by atoms with E-state index >= 15 is 0 Å². The molecule has 0 heterocycles. The molecule has 160 valence electrons. The highest BCUT2D eigenvalue weighted by atomic mass is 35.5. The van der Waals surface area contributed by atoms with Crippen LogP contribution in [0.3, 0.4) is 0 Å². The van der Waals surface area contributed by atoms with Crippen LogP contribution in [0.15, 0.2) is 60.7 Å². The minimum Gasteiger partial charge on any atom is -0.463 e. The lowest BCUT2D eigenvalue weighted by Crippen LogP contribution is -2.43. The maximum Gasteiger partial charge on any atom is 0.347 e. The maximum absolute atomic E-state index is 13.4. The molecule has 0 radical (unpaired) electrons. The van der Waals surface area contributed by atoms with Crippen LogP contribution in [-0.2, 0) is 19.9 Å². The number of ether oxygens (including phenoxy) is 2. The molecule has 2 aromatic rings. The molecule has 0 aromatic heterocycles. The van der Waals surface area contributed by atoms with E-state index in [4.69, 9.17) is 9.47 Å². The minimum absolute atomic E-state index is 0. The molecule has 0 fully saturated rings. The summed E-state index contributed by atoms with van der Waals surface area (Å²) in [5.41, 5.74) is 0.290. The molecule has 2 aromatic carbocycles. The molecule has 0 bridgehead atoms. The number of hydrogen-bond acceptors (Lipinski definition) is 4. The van der Waals surface area contributed by atoms with Crippen LogP contribution in [0, 0.1) is 0 Å². The largest absolute Gasteiger partial charge is 0.463 e. The standard InChI is InChI=1S/C24H33NO3.ClH/c1-5-25(6-2)18-13-19-27-23(26)24(28-20(3)4,21-14-9-7-10-15-21)22-16-11-8-12-17-22;/h7-12,14-17,20H,5-6,13,18-19H2,1-4H3;1H. The number of benzene rings is 2. The van der Waals surface area contributed by atoms with Gasteiger partial charge in [0, 0.05) is 6.54 Å². The third-order valence-corrected chi connectivity index (χ3v) is 4.81. The summed E-state index contributed by atoms with van der Waals surface area (Å²) in [5.74, 6) is -0.363. The number of esters is 1. The van der Waals surface area contributed by atoms with Crippen molar-refractivity contribution in [2.75, 3.05) is 26.2 Å². The number of nitrogens with zero attached hydrogens (tertiary/aromatic N) is 1. The first-order chi connectivity index (χ1) is 13.5. The van der Waals surface area contributed by atoms with Crippen molar-refractivity contribution < 1.29 is 14.3 Å². The average Bonchev–Trinajstić information content (AvgIpc) is 2.73. The van der Waals surface area contributed by atoms with Crippen molar-refractivity contribution in [2.45, 2.75) is 45.8 Å². The predicted molar refractivity (Wildman–Crippen MR) is 120 cm³/mol. The van der Waals surface area contributed by atoms with Gasteiger partial charge in [-0.05, 0) is 44.5 Å². The molecule has 0 atom stereocenters. The zero-order valence-corrected chi connectivity index (χ0v) is 18.8. The number of halogens is 1. The van der Waals surface area contributed by atoms with Crippen molar-refractivity contribution in [3.8, 4) is 0 Å². The number of rotatable bonds is 11. The minimum atomic E-state index is -1.27. The van der Waals surface area contributed by atoms with Crippen molar-refractivity contribution in [3.05, 3.63) is 71.8 Å². The van der Waals surface area contributed by atoms with E-state index in [2.05, 4.69) is 18.7 Å². The Morgan fingerprint density at radius 1 is 0.931 bits per heavy atom. The van der Waals surface area contributed by atoms with Crippen LogP contribution < -0.4 is 0 Å². The molecular weight excluding hydrogens is 386 g/mol. The van der Waals surface area contributed by atoms with Crippen molar-refractivity contribution in [3.63, 3.8) is 0 Å². The van der Waals surface area contributed by atoms with Gasteiger partial charge in [-0.25, -0.2) is 4.79 Å². The summed E-state index contributed by atoms with van der Waals surface area (Å²) in [4.78, 5) is 15.7. The van der Waals surface area contributed by atoms with Gasteiger partial charge < -0.3 is 14.4 Å². The van der Waals surface area contributed by atoms with Gasteiger partial charge in [-0.3, -0.25) is 0 Å². The molecule has 0 amide bonds. The Kier molecular flexibility index (Phi) is 11.0. The summed E-state index contributed by atoms with van der Waals surface area (Å²) < 4.78 is 12.1. The second-order valence-electron chi connectivity index (χ2n) is 7.10. The summed E-state index contributed by atoms with van der Waals surface area (Å²) in [6.45, 7) is 11.4. The second kappa shape index (κ2) is 12.6. The molecule has 0 aliphatic rings. The van der Waals surface area contributed by atoms with E-state index in [9.17, 15) is 4.79 Å². The smallest absolute Gasteiger partial charge is 0.347 e. The summed E-state index contributed by atoms with van der Waals surface area (Å²) in [6.07, 6.45) is 0.651. The monoisotopic (exact) mass is 419 g/mol. The highest BCUT2D eigenvalue weighted by Crippen LogP contribution is 2.36. The van der Waals surface area contributed by atoms with E-state index in [0.717, 1.165) is 37.2 Å². The van der Waals surface area contributed by atoms with Crippen LogP contribution in [0.1, 0.15) is 45.2 Å². The molecular formula is C24H34ClNO3. The molecule has 2 rings (SSSR count). The van der Waals surface area contributed by atoms with Gasteiger partial charge in [0.1, 0.15) is 0 Å². The summed E-state index contributed by atoms with van der Waals surface area (Å²) in [7, 11) is 0. The van der Waals surface area contributed by atoms with E-state index in [1.54, 1.807) is 0 Å². The van der Waals surface area contributed by atoms with Gasteiger partial charge in [0.2, 0.25) is 5.60 Å². The third kappa shape index (κ3) is 6.56. The maximum atomic E-state index is 13.4. The van der Waals surface area contributed by atoms with Crippen molar-refractivity contribution >= 4 is 18.4 Å². The van der Waals surface area contributed by atoms with Crippen LogP contribution in [0.4, 0.5) is 0 Å². The highest BCUT2D eigenvalue weighted by molar-refractivity contribution is 5.86. The van der Waals surface area contributed by atoms with Gasteiger partial charge in [0.05, 0.1) is 12.7 Å². The van der Waals surface area contributed by atoms with Crippen molar-refractivity contribution in [1.29, 1.82) is 0 Å². The summed E-state index contributed by atoms with van der Waals surface area (Å²) in [5, 5.41) is 0. The fraction of sp³-hybridized carbons (Fsp3) is 0.458. The summed E-state index contributed by atoms with van der Waals surface area (Å²) >= 11 is 0. The molecule has 0 N–H and O–H groups in total. The van der Waals surface area contributed by atoms with Gasteiger partial charge in [-0.1, -0.05) is 74.5 Å². The fourth-order valence-electron chi connectivity index (χ4n) is 3.38. The molecule has 0 unspecified atom stereocenters. The highest BCUT2D eigenvalue weighted by Gasteiger charge is 2.45. The lowest BCUT2D eigenvalue weighted by Gasteiger charge is -2.34. The first kappa shape index (κ1) is 25.2. The molecule has 29 heavy (non-hydrogen) atoms. The zero-order valence-electron chi connectivity index (χ0n) is 18.0. The van der Waals surface area contributed by atoms with Gasteiger partial charge in [0.25, 0.3) is 0 Å². The molecule has 0 spiro atoms. The Morgan fingerprint density at radius 3 is 1.83 bits per heavy atom. The quantitative estimate of drug-likeness (QED) is 0.377. The van der Waals surface area contributed by atoms with Crippen molar-refractivity contribution in [2.24, 2.45) is 0 Å². The SMILES string of the molecule is CCN(CC)CCCOC(=O)C(OC(C)C)(c1ccccc1)c1ccccc1.Cl. The van der Waals surface area contributed by atoms with Crippen LogP contribution in [0.2, 0.25) is 0 Å². The van der Waals surface area contributed by atoms with Crippen molar-refractivity contribution in [1.82, 2.24) is 4.90 Å². The van der Waals surface area contributed by atoms with E-state index in [0.29, 0.717) is 6.61 Å². The van der Waals surface area contributed by atoms with E-state index in [-0.39, 0.29) is 24.5 Å². The Labute approximate surface area is 181 Å². The lowest BCUT2D eigenvalue weighted by molar-refractivity contribution is -0.173. The predicted octanol–water partition coefficient (Wildman–Crippen LogP) is 5.05. The molecule has 0 saturated carbocycles. The Hall–Kier alpha value is -1.88. The fourth-order valence-corrected chi connectivity index (χ4v) is 3.38. The second-order valence-corrected chi connectivity index (χ2v) is 7.10. The van der Waals surface area contributed by atoms with E-state index in [1.807, 2.05) is 74.5 Å². The summed E-state index contributed by atoms with van der Waals surface area (Å²) in [6, 6.07) is 19.2. The third-order valence-electron chi connectivity index (χ3n) is 4.81. The Balaban J connectivity index is 0.00000420. The van der Waals surface area contributed by atoms with E-state index in [1.165, 1.54) is 0 Å². The normalized spacial score (nSPS) is 11.4. The number of carbonyl (C=O) groups is 1. The van der Waals surface area contributed by atoms with Crippen LogP contribution in [0.5, 0.6) is 0 Å². The number of hydrogen-bond donors (Lipinski definition) is 0. The van der Waals surface area contributed by atoms with Gasteiger partial charge in [-0.15, -0.1) is 12.4 Å². The average molecular weight is 420 g/mol. The molecule has 4 nitrogen and oxygen atoms in total. The first-order valence-corrected chi connectivity index (χ1v) is 10.2. The number of carbonyl (C=O) groups excluding carboxylic acids is 1. The van der Waals surface area contributed by atoms with Gasteiger partial charge >= 0.3 is 5.97 Å². The van der Waals surface area contributed by atoms with Gasteiger partial charge in [-0.2, -0.15) is 0 Å². The Morgan fingerprint density at radius 2 is 1.41 bits per heavy atom. The topological polar surface area (TPSA) is 38.8 Å². The van der Waals surface area contributed by atoms with Gasteiger partial charge in [0.15, 0.2) is 0 Å². The molecule has 0 aliphatic carbocycles. The van der Waals surface area contributed by atoms with Crippen LogP contribution >= 0.6 is 12.4 Å². The van der Waals surface area contributed by atoms with Crippen LogP contribution in [0.25, 0.3) is 0 Å². The first-order valence-electron chi connectivity index (χ1n) is 10.2. The Bertz CT molecular complexity index is 663. The lowest BCUT2D eigenvalue weighted by atomic mass is 9.85. The molecule has 5 heteroatoms. The molecule has 0 saturated heterocycles. The molecule has 0 aliphatic heterocycles. The van der Waals surface area contributed by atoms with E-state index < -0.39 is 5.60 Å². The zero-order chi connectivity index (χ0) is 20.4.